The van der Waals surface area contributed by atoms with Crippen molar-refractivity contribution in [3.63, 3.8) is 0 Å². The molecular weight excluding hydrogens is 345 g/mol. The van der Waals surface area contributed by atoms with Crippen molar-refractivity contribution in [3.8, 4) is 5.95 Å². The lowest BCUT2D eigenvalue weighted by atomic mass is 10.2. The quantitative estimate of drug-likeness (QED) is 0.385. The van der Waals surface area contributed by atoms with Crippen LogP contribution in [0, 0.1) is 12.7 Å². The SMILES string of the molecule is Cc1cc(NC(=O)/C=C/c2cccc(F)c2)[n+](-c2nc3ccccc3[nH]2)[nH]1. The number of carbonyl (C=O) groups excluding carboxylic acids is 1. The van der Waals surface area contributed by atoms with Crippen LogP contribution in [0.2, 0.25) is 0 Å². The number of H-pyrrole nitrogens is 2. The van der Waals surface area contributed by atoms with Crippen LogP contribution in [0.15, 0.2) is 60.7 Å². The second kappa shape index (κ2) is 6.87. The van der Waals surface area contributed by atoms with Crippen LogP contribution in [0.4, 0.5) is 10.2 Å². The summed E-state index contributed by atoms with van der Waals surface area (Å²) in [5.41, 5.74) is 3.20. The summed E-state index contributed by atoms with van der Waals surface area (Å²) in [6.45, 7) is 1.89. The van der Waals surface area contributed by atoms with Crippen molar-refractivity contribution >= 4 is 28.8 Å². The third kappa shape index (κ3) is 3.62. The number of fused-ring (bicyclic) bond motifs is 1. The molecule has 6 nitrogen and oxygen atoms in total. The number of anilines is 1. The number of rotatable bonds is 4. The van der Waals surface area contributed by atoms with E-state index < -0.39 is 0 Å². The van der Waals surface area contributed by atoms with Crippen molar-refractivity contribution in [2.45, 2.75) is 6.92 Å². The Bertz CT molecular complexity index is 1130. The number of aromatic nitrogens is 4. The number of aromatic amines is 2. The van der Waals surface area contributed by atoms with Crippen LogP contribution in [0.1, 0.15) is 11.3 Å². The highest BCUT2D eigenvalue weighted by atomic mass is 19.1. The van der Waals surface area contributed by atoms with Crippen molar-refractivity contribution in [2.75, 3.05) is 5.32 Å². The Kier molecular flexibility index (Phi) is 4.25. The molecule has 7 heteroatoms. The Morgan fingerprint density at radius 2 is 2.04 bits per heavy atom. The Morgan fingerprint density at radius 1 is 1.19 bits per heavy atom. The molecule has 4 rings (SSSR count). The Labute approximate surface area is 154 Å². The van der Waals surface area contributed by atoms with E-state index in [2.05, 4.69) is 20.4 Å². The number of amides is 1. The molecule has 134 valence electrons. The van der Waals surface area contributed by atoms with Crippen LogP contribution in [-0.2, 0) is 4.79 Å². The molecule has 0 unspecified atom stereocenters. The first-order chi connectivity index (χ1) is 13.1. The van der Waals surface area contributed by atoms with E-state index in [0.29, 0.717) is 17.3 Å². The van der Waals surface area contributed by atoms with E-state index in [-0.39, 0.29) is 11.7 Å². The summed E-state index contributed by atoms with van der Waals surface area (Å²) in [5, 5.41) is 5.95. The number of hydrogen-bond donors (Lipinski definition) is 3. The molecule has 0 fully saturated rings. The van der Waals surface area contributed by atoms with Gasteiger partial charge in [0.15, 0.2) is 5.52 Å². The fourth-order valence-electron chi connectivity index (χ4n) is 2.79. The van der Waals surface area contributed by atoms with E-state index in [1.165, 1.54) is 18.2 Å². The van der Waals surface area contributed by atoms with Crippen molar-refractivity contribution in [2.24, 2.45) is 0 Å². The van der Waals surface area contributed by atoms with E-state index in [1.807, 2.05) is 31.2 Å². The van der Waals surface area contributed by atoms with Gasteiger partial charge in [-0.2, -0.15) is 0 Å². The molecular formula is C20H17FN5O+. The summed E-state index contributed by atoms with van der Waals surface area (Å²) in [6.07, 6.45) is 2.92. The van der Waals surface area contributed by atoms with Gasteiger partial charge in [-0.15, -0.1) is 9.67 Å². The lowest BCUT2D eigenvalue weighted by molar-refractivity contribution is -0.648. The molecule has 0 bridgehead atoms. The lowest BCUT2D eigenvalue weighted by Crippen LogP contribution is -2.38. The molecule has 0 aliphatic rings. The number of hydrogen-bond acceptors (Lipinski definition) is 2. The Hall–Kier alpha value is -3.74. The highest BCUT2D eigenvalue weighted by molar-refractivity contribution is 6.01. The van der Waals surface area contributed by atoms with E-state index in [0.717, 1.165) is 16.7 Å². The van der Waals surface area contributed by atoms with Crippen LogP contribution in [0.25, 0.3) is 23.1 Å². The zero-order valence-electron chi connectivity index (χ0n) is 14.5. The number of benzene rings is 2. The largest absolute Gasteiger partial charge is 0.374 e. The van der Waals surface area contributed by atoms with Gasteiger partial charge in [-0.25, -0.2) is 4.39 Å². The van der Waals surface area contributed by atoms with Crippen molar-refractivity contribution in [1.29, 1.82) is 0 Å². The second-order valence-corrected chi connectivity index (χ2v) is 6.11. The van der Waals surface area contributed by atoms with Crippen LogP contribution < -0.4 is 10.00 Å². The number of carbonyl (C=O) groups is 1. The van der Waals surface area contributed by atoms with Gasteiger partial charge in [-0.3, -0.25) is 20.2 Å². The van der Waals surface area contributed by atoms with Gasteiger partial charge in [0.1, 0.15) is 11.3 Å². The smallest absolute Gasteiger partial charge is 0.258 e. The highest BCUT2D eigenvalue weighted by Crippen LogP contribution is 2.13. The van der Waals surface area contributed by atoms with Gasteiger partial charge >= 0.3 is 5.95 Å². The van der Waals surface area contributed by atoms with E-state index >= 15 is 0 Å². The summed E-state index contributed by atoms with van der Waals surface area (Å²) in [7, 11) is 0. The molecule has 27 heavy (non-hydrogen) atoms. The zero-order chi connectivity index (χ0) is 18.8. The van der Waals surface area contributed by atoms with Gasteiger partial charge in [0.05, 0.1) is 0 Å². The molecule has 0 aliphatic carbocycles. The molecule has 0 aliphatic heterocycles. The second-order valence-electron chi connectivity index (χ2n) is 6.11. The van der Waals surface area contributed by atoms with E-state index in [9.17, 15) is 9.18 Å². The average molecular weight is 362 g/mol. The van der Waals surface area contributed by atoms with Crippen LogP contribution in [-0.4, -0.2) is 21.0 Å². The predicted octanol–water partition coefficient (Wildman–Crippen LogP) is 3.27. The third-order valence-corrected chi connectivity index (χ3v) is 4.00. The normalized spacial score (nSPS) is 11.3. The molecule has 0 saturated carbocycles. The maximum atomic E-state index is 13.2. The lowest BCUT2D eigenvalue weighted by Gasteiger charge is -1.98. The molecule has 0 atom stereocenters. The minimum Gasteiger partial charge on any atom is -0.258 e. The zero-order valence-corrected chi connectivity index (χ0v) is 14.5. The van der Waals surface area contributed by atoms with Crippen molar-refractivity contribution < 1.29 is 13.9 Å². The Morgan fingerprint density at radius 3 is 2.85 bits per heavy atom. The molecule has 0 spiro atoms. The first-order valence-corrected chi connectivity index (χ1v) is 8.40. The van der Waals surface area contributed by atoms with Gasteiger partial charge in [0, 0.05) is 17.8 Å². The number of para-hydroxylation sites is 2. The van der Waals surface area contributed by atoms with Crippen LogP contribution in [0.3, 0.4) is 0 Å². The minimum absolute atomic E-state index is 0.330. The average Bonchev–Trinajstić information content (AvgIpc) is 3.23. The first kappa shape index (κ1) is 16.7. The maximum absolute atomic E-state index is 13.2. The summed E-state index contributed by atoms with van der Waals surface area (Å²) in [6, 6.07) is 15.5. The van der Waals surface area contributed by atoms with Crippen molar-refractivity contribution in [1.82, 2.24) is 15.1 Å². The number of imidazole rings is 1. The molecule has 2 aromatic carbocycles. The van der Waals surface area contributed by atoms with Crippen molar-refractivity contribution in [3.05, 3.63) is 77.7 Å². The number of nitrogens with one attached hydrogen (secondary N) is 3. The molecule has 2 heterocycles. The van der Waals surface area contributed by atoms with Crippen LogP contribution >= 0.6 is 0 Å². The molecule has 3 N–H and O–H groups in total. The van der Waals surface area contributed by atoms with Gasteiger partial charge in [-0.1, -0.05) is 24.3 Å². The van der Waals surface area contributed by atoms with Crippen LogP contribution in [0.5, 0.6) is 0 Å². The first-order valence-electron chi connectivity index (χ1n) is 8.40. The number of aryl methyl sites for hydroxylation is 1. The molecule has 0 radical (unpaired) electrons. The topological polar surface area (TPSA) is 77.5 Å². The van der Waals surface area contributed by atoms with Gasteiger partial charge in [0.25, 0.3) is 5.91 Å². The standard InChI is InChI=1S/C20H16FN5O/c1-13-11-18(24-19(27)10-9-14-5-4-6-15(21)12-14)26(25-13)20-22-16-7-2-3-8-17(16)23-20/h2-12H,1H3,(H2,22,23,24,25,27)/p+1/b10-9+. The van der Waals surface area contributed by atoms with E-state index in [1.54, 1.807) is 29.0 Å². The fraction of sp³-hybridized carbons (Fsp3) is 0.0500. The fourth-order valence-corrected chi connectivity index (χ4v) is 2.79. The molecule has 2 aromatic heterocycles. The predicted molar refractivity (Wildman–Crippen MR) is 101 cm³/mol. The number of halogens is 1. The molecule has 4 aromatic rings. The molecule has 0 saturated heterocycles. The summed E-state index contributed by atoms with van der Waals surface area (Å²) in [5.74, 6) is 0.429. The third-order valence-electron chi connectivity index (χ3n) is 4.00. The highest BCUT2D eigenvalue weighted by Gasteiger charge is 2.19. The van der Waals surface area contributed by atoms with E-state index in [4.69, 9.17) is 0 Å². The summed E-state index contributed by atoms with van der Waals surface area (Å²) in [4.78, 5) is 20.0. The van der Waals surface area contributed by atoms with Gasteiger partial charge < -0.3 is 0 Å². The summed E-state index contributed by atoms with van der Waals surface area (Å²) >= 11 is 0. The maximum Gasteiger partial charge on any atom is 0.374 e. The summed E-state index contributed by atoms with van der Waals surface area (Å²) < 4.78 is 14.9. The molecule has 1 amide bonds. The number of nitrogens with zero attached hydrogens (tertiary/aromatic N) is 2. The van der Waals surface area contributed by atoms with Gasteiger partial charge in [0.2, 0.25) is 5.82 Å². The monoisotopic (exact) mass is 362 g/mol. The Balaban J connectivity index is 1.58. The van der Waals surface area contributed by atoms with Gasteiger partial charge in [-0.05, 0) is 42.8 Å². The minimum atomic E-state index is -0.346.